The number of hydrogen-bond acceptors (Lipinski definition) is 3. The second-order valence-corrected chi connectivity index (χ2v) is 4.07. The summed E-state index contributed by atoms with van der Waals surface area (Å²) in [6, 6.07) is 0. The predicted octanol–water partition coefficient (Wildman–Crippen LogP) is 0.710. The van der Waals surface area contributed by atoms with Gasteiger partial charge in [0.2, 0.25) is 0 Å². The molecule has 3 nitrogen and oxygen atoms in total. The number of aliphatic hydroxyl groups is 1. The average molecular weight is 170 g/mol. The fourth-order valence-electron chi connectivity index (χ4n) is 2.42. The van der Waals surface area contributed by atoms with Crippen molar-refractivity contribution < 1.29 is 14.6 Å². The molecular weight excluding hydrogens is 156 g/mol. The summed E-state index contributed by atoms with van der Waals surface area (Å²) in [4.78, 5) is 11.3. The van der Waals surface area contributed by atoms with E-state index in [4.69, 9.17) is 4.74 Å². The first-order valence-corrected chi connectivity index (χ1v) is 4.49. The molecule has 1 saturated carbocycles. The molecule has 0 aromatic rings. The van der Waals surface area contributed by atoms with E-state index in [-0.39, 0.29) is 23.4 Å². The summed E-state index contributed by atoms with van der Waals surface area (Å²) in [5.74, 6) is -0.165. The topological polar surface area (TPSA) is 46.5 Å². The number of ether oxygens (including phenoxy) is 1. The van der Waals surface area contributed by atoms with Crippen LogP contribution in [0.3, 0.4) is 0 Å². The number of carbonyl (C=O) groups excluding carboxylic acids is 1. The zero-order valence-corrected chi connectivity index (χ0v) is 7.25. The molecule has 1 aliphatic heterocycles. The predicted molar refractivity (Wildman–Crippen MR) is 42.4 cm³/mol. The van der Waals surface area contributed by atoms with Crippen LogP contribution < -0.4 is 0 Å². The van der Waals surface area contributed by atoms with Crippen LogP contribution in [0.1, 0.15) is 26.2 Å². The average Bonchev–Trinajstić information content (AvgIpc) is 2.30. The summed E-state index contributed by atoms with van der Waals surface area (Å²) >= 11 is 0. The van der Waals surface area contributed by atoms with Gasteiger partial charge in [-0.05, 0) is 19.3 Å². The van der Waals surface area contributed by atoms with E-state index >= 15 is 0 Å². The minimum absolute atomic E-state index is 0.0544. The van der Waals surface area contributed by atoms with Crippen LogP contribution in [0.15, 0.2) is 0 Å². The summed E-state index contributed by atoms with van der Waals surface area (Å²) in [6.07, 6.45) is 2.03. The molecule has 0 amide bonds. The molecule has 3 atom stereocenters. The number of cyclic esters (lactones) is 1. The van der Waals surface area contributed by atoms with Gasteiger partial charge in [0.15, 0.2) is 0 Å². The Morgan fingerprint density at radius 2 is 2.33 bits per heavy atom. The molecule has 3 unspecified atom stereocenters. The van der Waals surface area contributed by atoms with Crippen molar-refractivity contribution in [2.24, 2.45) is 11.3 Å². The molecule has 0 aromatic carbocycles. The Kier molecular flexibility index (Phi) is 1.65. The molecule has 1 saturated heterocycles. The van der Waals surface area contributed by atoms with Gasteiger partial charge in [0, 0.05) is 5.41 Å². The number of esters is 1. The fraction of sp³-hybridized carbons (Fsp3) is 0.889. The quantitative estimate of drug-likeness (QED) is 0.545. The summed E-state index contributed by atoms with van der Waals surface area (Å²) in [5, 5.41) is 9.69. The number of rotatable bonds is 0. The van der Waals surface area contributed by atoms with E-state index in [2.05, 4.69) is 0 Å². The van der Waals surface area contributed by atoms with Gasteiger partial charge in [-0.1, -0.05) is 6.92 Å². The number of fused-ring (bicyclic) bond motifs is 1. The SMILES string of the molecule is CC12CCOC(=O)C1CCC2O. The summed E-state index contributed by atoms with van der Waals surface area (Å²) in [6.45, 7) is 2.47. The molecule has 2 aliphatic rings. The molecule has 0 spiro atoms. The van der Waals surface area contributed by atoms with E-state index in [1.165, 1.54) is 0 Å². The van der Waals surface area contributed by atoms with Crippen LogP contribution >= 0.6 is 0 Å². The lowest BCUT2D eigenvalue weighted by Gasteiger charge is -2.36. The molecule has 1 N–H and O–H groups in total. The molecule has 0 bridgehead atoms. The van der Waals surface area contributed by atoms with E-state index in [9.17, 15) is 9.90 Å². The number of hydrogen-bond donors (Lipinski definition) is 1. The molecule has 1 heterocycles. The summed E-state index contributed by atoms with van der Waals surface area (Å²) in [7, 11) is 0. The van der Waals surface area contributed by atoms with E-state index in [0.29, 0.717) is 6.61 Å². The minimum atomic E-state index is -0.310. The van der Waals surface area contributed by atoms with E-state index in [0.717, 1.165) is 19.3 Å². The highest BCUT2D eigenvalue weighted by Gasteiger charge is 2.52. The Bertz CT molecular complexity index is 214. The Hall–Kier alpha value is -0.570. The molecule has 3 heteroatoms. The molecule has 68 valence electrons. The van der Waals surface area contributed by atoms with E-state index in [1.807, 2.05) is 6.92 Å². The normalized spacial score (nSPS) is 47.0. The minimum Gasteiger partial charge on any atom is -0.465 e. The van der Waals surface area contributed by atoms with Crippen molar-refractivity contribution in [2.75, 3.05) is 6.61 Å². The van der Waals surface area contributed by atoms with Crippen molar-refractivity contribution in [3.8, 4) is 0 Å². The maximum absolute atomic E-state index is 11.3. The highest BCUT2D eigenvalue weighted by molar-refractivity contribution is 5.74. The third-order valence-corrected chi connectivity index (χ3v) is 3.46. The van der Waals surface area contributed by atoms with Crippen molar-refractivity contribution >= 4 is 5.97 Å². The highest BCUT2D eigenvalue weighted by atomic mass is 16.5. The standard InChI is InChI=1S/C9H14O3/c1-9-4-5-12-8(11)6(9)2-3-7(9)10/h6-7,10H,2-5H2,1H3. The molecule has 12 heavy (non-hydrogen) atoms. The van der Waals surface area contributed by atoms with Crippen molar-refractivity contribution in [2.45, 2.75) is 32.3 Å². The van der Waals surface area contributed by atoms with Crippen LogP contribution in [-0.2, 0) is 9.53 Å². The van der Waals surface area contributed by atoms with Gasteiger partial charge >= 0.3 is 5.97 Å². The van der Waals surface area contributed by atoms with Crippen LogP contribution in [0.25, 0.3) is 0 Å². The first-order chi connectivity index (χ1) is 5.64. The summed E-state index contributed by atoms with van der Waals surface area (Å²) in [5.41, 5.74) is -0.199. The van der Waals surface area contributed by atoms with Crippen molar-refractivity contribution in [1.82, 2.24) is 0 Å². The Balaban J connectivity index is 2.26. The third kappa shape index (κ3) is 0.891. The number of aliphatic hydroxyl groups excluding tert-OH is 1. The maximum atomic E-state index is 11.3. The van der Waals surface area contributed by atoms with Crippen molar-refractivity contribution in [3.63, 3.8) is 0 Å². The zero-order valence-electron chi connectivity index (χ0n) is 7.25. The summed E-state index contributed by atoms with van der Waals surface area (Å²) < 4.78 is 4.96. The molecule has 2 fully saturated rings. The maximum Gasteiger partial charge on any atom is 0.309 e. The smallest absolute Gasteiger partial charge is 0.309 e. The molecule has 1 aliphatic carbocycles. The monoisotopic (exact) mass is 170 g/mol. The van der Waals surface area contributed by atoms with Gasteiger partial charge in [0.25, 0.3) is 0 Å². The van der Waals surface area contributed by atoms with Gasteiger partial charge in [-0.25, -0.2) is 0 Å². The van der Waals surface area contributed by atoms with Crippen LogP contribution in [0.5, 0.6) is 0 Å². The van der Waals surface area contributed by atoms with Crippen LogP contribution in [0.2, 0.25) is 0 Å². The van der Waals surface area contributed by atoms with E-state index in [1.54, 1.807) is 0 Å². The highest BCUT2D eigenvalue weighted by Crippen LogP contribution is 2.48. The largest absolute Gasteiger partial charge is 0.465 e. The second kappa shape index (κ2) is 2.46. The van der Waals surface area contributed by atoms with Gasteiger partial charge < -0.3 is 9.84 Å². The lowest BCUT2D eigenvalue weighted by molar-refractivity contribution is -0.163. The fourth-order valence-corrected chi connectivity index (χ4v) is 2.42. The number of carbonyl (C=O) groups is 1. The van der Waals surface area contributed by atoms with Gasteiger partial charge in [-0.3, -0.25) is 4.79 Å². The first-order valence-electron chi connectivity index (χ1n) is 4.49. The zero-order chi connectivity index (χ0) is 8.77. The van der Waals surface area contributed by atoms with Crippen LogP contribution in [0, 0.1) is 11.3 Å². The third-order valence-electron chi connectivity index (χ3n) is 3.46. The lowest BCUT2D eigenvalue weighted by Crippen LogP contribution is -2.42. The second-order valence-electron chi connectivity index (χ2n) is 4.07. The first kappa shape index (κ1) is 8.05. The Morgan fingerprint density at radius 3 is 3.00 bits per heavy atom. The van der Waals surface area contributed by atoms with Crippen LogP contribution in [-0.4, -0.2) is 23.8 Å². The van der Waals surface area contributed by atoms with E-state index < -0.39 is 0 Å². The van der Waals surface area contributed by atoms with Crippen molar-refractivity contribution in [1.29, 1.82) is 0 Å². The molecule has 0 radical (unpaired) electrons. The van der Waals surface area contributed by atoms with Crippen LogP contribution in [0.4, 0.5) is 0 Å². The van der Waals surface area contributed by atoms with Gasteiger partial charge in [-0.2, -0.15) is 0 Å². The molecule has 2 rings (SSSR count). The van der Waals surface area contributed by atoms with Gasteiger partial charge in [0.1, 0.15) is 0 Å². The van der Waals surface area contributed by atoms with Crippen molar-refractivity contribution in [3.05, 3.63) is 0 Å². The Morgan fingerprint density at radius 1 is 1.58 bits per heavy atom. The molecule has 0 aromatic heterocycles. The molecular formula is C9H14O3. The Labute approximate surface area is 71.7 Å². The van der Waals surface area contributed by atoms with Gasteiger partial charge in [-0.15, -0.1) is 0 Å². The lowest BCUT2D eigenvalue weighted by atomic mass is 9.74. The van der Waals surface area contributed by atoms with Gasteiger partial charge in [0.05, 0.1) is 18.6 Å².